The van der Waals surface area contributed by atoms with Crippen LogP contribution in [0, 0.1) is 0 Å². The molecule has 2 amide bonds. The van der Waals surface area contributed by atoms with E-state index in [-0.39, 0.29) is 11.8 Å². The largest absolute Gasteiger partial charge is 0.326 e. The molecule has 4 rings (SSSR count). The van der Waals surface area contributed by atoms with Crippen molar-refractivity contribution in [3.8, 4) is 0 Å². The number of para-hydroxylation sites is 2. The Bertz CT molecular complexity index is 1050. The van der Waals surface area contributed by atoms with Crippen LogP contribution in [0.4, 0.5) is 11.4 Å². The summed E-state index contributed by atoms with van der Waals surface area (Å²) in [5.74, 6) is 0.275. The van der Waals surface area contributed by atoms with Crippen LogP contribution < -0.4 is 10.2 Å². The first-order chi connectivity index (χ1) is 17.5. The van der Waals surface area contributed by atoms with Crippen LogP contribution in [-0.2, 0) is 9.59 Å². The van der Waals surface area contributed by atoms with Gasteiger partial charge in [0.2, 0.25) is 11.8 Å². The first kappa shape index (κ1) is 27.2. The zero-order valence-electron chi connectivity index (χ0n) is 21.8. The maximum atomic E-state index is 12.6. The van der Waals surface area contributed by atoms with Crippen molar-refractivity contribution in [1.29, 1.82) is 0 Å². The number of carbonyl (C=O) groups excluding carboxylic acids is 2. The molecule has 1 heterocycles. The zero-order valence-corrected chi connectivity index (χ0v) is 21.8. The minimum atomic E-state index is 0.0520. The summed E-state index contributed by atoms with van der Waals surface area (Å²) in [4.78, 5) is 28.0. The highest BCUT2D eigenvalue weighted by Gasteiger charge is 2.30. The van der Waals surface area contributed by atoms with Gasteiger partial charge < -0.3 is 10.2 Å². The molecule has 5 nitrogen and oxygen atoms in total. The fraction of sp³-hybridized carbons (Fsp3) is 0.355. The Morgan fingerprint density at radius 2 is 1.36 bits per heavy atom. The molecule has 3 aromatic rings. The van der Waals surface area contributed by atoms with Crippen LogP contribution in [0.25, 0.3) is 0 Å². The Kier molecular flexibility index (Phi) is 10.7. The topological polar surface area (TPSA) is 52.7 Å². The van der Waals surface area contributed by atoms with E-state index in [4.69, 9.17) is 0 Å². The molecule has 3 aromatic carbocycles. The fourth-order valence-electron chi connectivity index (χ4n) is 4.56. The predicted octanol–water partition coefficient (Wildman–Crippen LogP) is 6.69. The lowest BCUT2D eigenvalue weighted by atomic mass is 9.98. The summed E-state index contributed by atoms with van der Waals surface area (Å²) < 4.78 is 0. The minimum Gasteiger partial charge on any atom is -0.326 e. The van der Waals surface area contributed by atoms with Gasteiger partial charge in [-0.1, -0.05) is 80.6 Å². The van der Waals surface area contributed by atoms with Crippen LogP contribution in [0.5, 0.6) is 0 Å². The third-order valence-corrected chi connectivity index (χ3v) is 6.68. The monoisotopic (exact) mass is 485 g/mol. The van der Waals surface area contributed by atoms with Gasteiger partial charge in [0, 0.05) is 49.4 Å². The summed E-state index contributed by atoms with van der Waals surface area (Å²) in [6.07, 6.45) is 3.13. The van der Waals surface area contributed by atoms with Crippen molar-refractivity contribution < 1.29 is 9.59 Å². The average molecular weight is 486 g/mol. The van der Waals surface area contributed by atoms with E-state index in [0.717, 1.165) is 37.3 Å². The van der Waals surface area contributed by atoms with Crippen molar-refractivity contribution in [2.75, 3.05) is 23.3 Å². The number of nitrogens with one attached hydrogen (secondary N) is 1. The van der Waals surface area contributed by atoms with E-state index in [9.17, 15) is 9.59 Å². The zero-order chi connectivity index (χ0) is 25.8. The van der Waals surface area contributed by atoms with Crippen LogP contribution in [0.3, 0.4) is 0 Å². The van der Waals surface area contributed by atoms with Gasteiger partial charge in [0.25, 0.3) is 0 Å². The van der Waals surface area contributed by atoms with Gasteiger partial charge in [0.1, 0.15) is 0 Å². The SMILES string of the molecule is CCC(=O)N(c1ccccc1)C1CCN(C(C)c2ccccc2)CC1.CCC(=O)Nc1ccccc1. The standard InChI is InChI=1S/C22H28N2O.C9H11NO/c1-3-22(25)24(20-12-8-5-9-13-20)21-14-16-23(17-15-21)18(2)19-10-6-4-7-11-19;1-2-9(11)10-8-6-4-3-5-7-8/h4-13,18,21H,3,14-17H2,1-2H3;3-7H,2H2,1H3,(H,10,11). The van der Waals surface area contributed by atoms with Gasteiger partial charge in [-0.05, 0) is 49.6 Å². The number of hydrogen-bond donors (Lipinski definition) is 1. The van der Waals surface area contributed by atoms with Crippen LogP contribution in [0.2, 0.25) is 0 Å². The Labute approximate surface area is 216 Å². The Balaban J connectivity index is 0.000000275. The van der Waals surface area contributed by atoms with Crippen molar-refractivity contribution in [2.24, 2.45) is 0 Å². The molecular weight excluding hydrogens is 446 g/mol. The molecule has 1 unspecified atom stereocenters. The summed E-state index contributed by atoms with van der Waals surface area (Å²) in [6, 6.07) is 31.0. The molecule has 0 saturated carbocycles. The number of likely N-dealkylation sites (tertiary alicyclic amines) is 1. The van der Waals surface area contributed by atoms with E-state index in [1.807, 2.05) is 79.4 Å². The van der Waals surface area contributed by atoms with Crippen molar-refractivity contribution >= 4 is 23.2 Å². The fourth-order valence-corrected chi connectivity index (χ4v) is 4.56. The second-order valence-corrected chi connectivity index (χ2v) is 9.07. The molecule has 0 aliphatic carbocycles. The lowest BCUT2D eigenvalue weighted by Gasteiger charge is -2.41. The van der Waals surface area contributed by atoms with E-state index in [1.165, 1.54) is 5.56 Å². The highest BCUT2D eigenvalue weighted by atomic mass is 16.2. The third-order valence-electron chi connectivity index (χ3n) is 6.68. The van der Waals surface area contributed by atoms with Crippen molar-refractivity contribution in [1.82, 2.24) is 4.90 Å². The van der Waals surface area contributed by atoms with E-state index in [0.29, 0.717) is 24.9 Å². The van der Waals surface area contributed by atoms with Crippen LogP contribution in [-0.4, -0.2) is 35.8 Å². The van der Waals surface area contributed by atoms with Gasteiger partial charge >= 0.3 is 0 Å². The summed E-state index contributed by atoms with van der Waals surface area (Å²) in [7, 11) is 0. The Hall–Kier alpha value is -3.44. The normalized spacial score (nSPS) is 14.8. The van der Waals surface area contributed by atoms with Gasteiger partial charge in [-0.2, -0.15) is 0 Å². The van der Waals surface area contributed by atoms with Crippen molar-refractivity contribution in [2.45, 2.75) is 58.5 Å². The summed E-state index contributed by atoms with van der Waals surface area (Å²) in [5.41, 5.74) is 3.26. The number of piperidine rings is 1. The number of amides is 2. The van der Waals surface area contributed by atoms with Gasteiger partial charge in [-0.15, -0.1) is 0 Å². The lowest BCUT2D eigenvalue weighted by molar-refractivity contribution is -0.119. The van der Waals surface area contributed by atoms with Crippen molar-refractivity contribution in [3.63, 3.8) is 0 Å². The molecule has 5 heteroatoms. The molecular formula is C31H39N3O2. The number of nitrogens with zero attached hydrogens (tertiary/aromatic N) is 2. The maximum absolute atomic E-state index is 12.6. The molecule has 1 aliphatic rings. The highest BCUT2D eigenvalue weighted by Crippen LogP contribution is 2.29. The molecule has 1 atom stereocenters. The van der Waals surface area contributed by atoms with Crippen LogP contribution >= 0.6 is 0 Å². The quantitative estimate of drug-likeness (QED) is 0.406. The molecule has 190 valence electrons. The van der Waals surface area contributed by atoms with Crippen molar-refractivity contribution in [3.05, 3.63) is 96.6 Å². The molecule has 1 saturated heterocycles. The number of carbonyl (C=O) groups is 2. The van der Waals surface area contributed by atoms with E-state index < -0.39 is 0 Å². The van der Waals surface area contributed by atoms with Crippen LogP contribution in [0.15, 0.2) is 91.0 Å². The molecule has 0 radical (unpaired) electrons. The molecule has 0 bridgehead atoms. The molecule has 0 aromatic heterocycles. The maximum Gasteiger partial charge on any atom is 0.226 e. The van der Waals surface area contributed by atoms with E-state index in [2.05, 4.69) is 47.5 Å². The first-order valence-electron chi connectivity index (χ1n) is 13.0. The van der Waals surface area contributed by atoms with E-state index >= 15 is 0 Å². The minimum absolute atomic E-state index is 0.0520. The predicted molar refractivity (Wildman–Crippen MR) is 149 cm³/mol. The highest BCUT2D eigenvalue weighted by molar-refractivity contribution is 5.93. The summed E-state index contributed by atoms with van der Waals surface area (Å²) >= 11 is 0. The molecule has 36 heavy (non-hydrogen) atoms. The molecule has 1 N–H and O–H groups in total. The number of anilines is 2. The average Bonchev–Trinajstić information content (AvgIpc) is 2.95. The summed E-state index contributed by atoms with van der Waals surface area (Å²) in [6.45, 7) is 8.12. The van der Waals surface area contributed by atoms with Crippen LogP contribution in [0.1, 0.15) is 58.1 Å². The molecule has 1 fully saturated rings. The smallest absolute Gasteiger partial charge is 0.226 e. The van der Waals surface area contributed by atoms with E-state index in [1.54, 1.807) is 0 Å². The molecule has 1 aliphatic heterocycles. The number of hydrogen-bond acceptors (Lipinski definition) is 3. The van der Waals surface area contributed by atoms with Gasteiger partial charge in [-0.25, -0.2) is 0 Å². The third kappa shape index (κ3) is 7.79. The number of rotatable bonds is 7. The summed E-state index contributed by atoms with van der Waals surface area (Å²) in [5, 5.41) is 2.75. The molecule has 0 spiro atoms. The van der Waals surface area contributed by atoms with Gasteiger partial charge in [0.15, 0.2) is 0 Å². The first-order valence-corrected chi connectivity index (χ1v) is 13.0. The lowest BCUT2D eigenvalue weighted by Crippen LogP contribution is -2.48. The second kappa shape index (κ2) is 14.2. The number of benzene rings is 3. The Morgan fingerprint density at radius 3 is 1.89 bits per heavy atom. The Morgan fingerprint density at radius 1 is 0.833 bits per heavy atom. The van der Waals surface area contributed by atoms with Gasteiger partial charge in [0.05, 0.1) is 0 Å². The van der Waals surface area contributed by atoms with Gasteiger partial charge in [-0.3, -0.25) is 14.5 Å². The second-order valence-electron chi connectivity index (χ2n) is 9.07.